The van der Waals surface area contributed by atoms with Crippen molar-refractivity contribution in [3.8, 4) is 11.6 Å². The maximum atomic E-state index is 12.2. The third-order valence-corrected chi connectivity index (χ3v) is 4.03. The molecule has 0 unspecified atom stereocenters. The lowest BCUT2D eigenvalue weighted by atomic mass is 10.1. The van der Waals surface area contributed by atoms with Crippen molar-refractivity contribution >= 4 is 5.91 Å². The zero-order valence-electron chi connectivity index (χ0n) is 15.3. The summed E-state index contributed by atoms with van der Waals surface area (Å²) in [5.74, 6) is 0.522. The highest BCUT2D eigenvalue weighted by Gasteiger charge is 2.05. The molecule has 1 N–H and O–H groups in total. The molecule has 2 aromatic heterocycles. The van der Waals surface area contributed by atoms with Gasteiger partial charge in [0.25, 0.3) is 0 Å². The minimum absolute atomic E-state index is 0.0239. The molecule has 0 radical (unpaired) electrons. The summed E-state index contributed by atoms with van der Waals surface area (Å²) in [4.78, 5) is 16.4. The average molecular weight is 365 g/mol. The van der Waals surface area contributed by atoms with E-state index in [-0.39, 0.29) is 5.91 Å². The smallest absolute Gasteiger partial charge is 0.224 e. The lowest BCUT2D eigenvalue weighted by molar-refractivity contribution is -0.120. The van der Waals surface area contributed by atoms with Crippen molar-refractivity contribution in [2.45, 2.75) is 13.0 Å². The maximum absolute atomic E-state index is 12.2. The van der Waals surface area contributed by atoms with Crippen molar-refractivity contribution in [3.05, 3.63) is 78.2 Å². The summed E-state index contributed by atoms with van der Waals surface area (Å²) < 4.78 is 12.4. The summed E-state index contributed by atoms with van der Waals surface area (Å²) in [7, 11) is 1.62. The van der Waals surface area contributed by atoms with Crippen molar-refractivity contribution < 1.29 is 14.3 Å². The van der Waals surface area contributed by atoms with Crippen LogP contribution in [0.25, 0.3) is 5.69 Å². The Morgan fingerprint density at radius 1 is 1.04 bits per heavy atom. The zero-order valence-corrected chi connectivity index (χ0v) is 15.3. The Kier molecular flexibility index (Phi) is 6.60. The number of hydrogen-bond donors (Lipinski definition) is 1. The molecule has 6 nitrogen and oxygen atoms in total. The van der Waals surface area contributed by atoms with E-state index in [1.54, 1.807) is 19.4 Å². The van der Waals surface area contributed by atoms with E-state index in [9.17, 15) is 4.79 Å². The molecule has 6 heteroatoms. The molecule has 0 fully saturated rings. The Balaban J connectivity index is 1.45. The van der Waals surface area contributed by atoms with Crippen molar-refractivity contribution in [2.24, 2.45) is 0 Å². The number of amides is 1. The predicted molar refractivity (Wildman–Crippen MR) is 103 cm³/mol. The van der Waals surface area contributed by atoms with Crippen molar-refractivity contribution in [1.82, 2.24) is 14.9 Å². The van der Waals surface area contributed by atoms with Crippen LogP contribution in [-0.4, -0.2) is 35.8 Å². The Labute approximate surface area is 158 Å². The topological polar surface area (TPSA) is 65.4 Å². The third-order valence-electron chi connectivity index (χ3n) is 4.03. The number of nitrogens with zero attached hydrogens (tertiary/aromatic N) is 2. The lowest BCUT2D eigenvalue weighted by Gasteiger charge is -2.08. The number of hydrogen-bond acceptors (Lipinski definition) is 4. The molecule has 0 bridgehead atoms. The number of benzene rings is 1. The fourth-order valence-corrected chi connectivity index (χ4v) is 2.57. The minimum atomic E-state index is -0.0239. The van der Waals surface area contributed by atoms with Crippen LogP contribution < -0.4 is 10.1 Å². The van der Waals surface area contributed by atoms with Crippen LogP contribution in [0.4, 0.5) is 0 Å². The van der Waals surface area contributed by atoms with Gasteiger partial charge in [-0.1, -0.05) is 18.2 Å². The molecule has 0 saturated heterocycles. The Hall–Kier alpha value is -3.12. The highest BCUT2D eigenvalue weighted by atomic mass is 16.5. The normalized spacial score (nSPS) is 10.6. The van der Waals surface area contributed by atoms with E-state index in [4.69, 9.17) is 9.47 Å². The second-order valence-electron chi connectivity index (χ2n) is 6.06. The van der Waals surface area contributed by atoms with Gasteiger partial charge in [0, 0.05) is 44.0 Å². The van der Waals surface area contributed by atoms with Gasteiger partial charge in [-0.2, -0.15) is 0 Å². The van der Waals surface area contributed by atoms with Gasteiger partial charge < -0.3 is 19.4 Å². The van der Waals surface area contributed by atoms with Crippen LogP contribution in [0.3, 0.4) is 0 Å². The Morgan fingerprint density at radius 2 is 1.78 bits per heavy atom. The monoisotopic (exact) mass is 365 g/mol. The van der Waals surface area contributed by atoms with Crippen molar-refractivity contribution in [2.75, 3.05) is 20.3 Å². The molecule has 3 aromatic rings. The number of pyridine rings is 1. The van der Waals surface area contributed by atoms with Gasteiger partial charge in [0.2, 0.25) is 11.8 Å². The van der Waals surface area contributed by atoms with E-state index < -0.39 is 0 Å². The second-order valence-corrected chi connectivity index (χ2v) is 6.06. The van der Waals surface area contributed by atoms with Crippen molar-refractivity contribution in [1.29, 1.82) is 0 Å². The van der Waals surface area contributed by atoms with Gasteiger partial charge in [-0.05, 0) is 35.4 Å². The van der Waals surface area contributed by atoms with E-state index in [1.165, 1.54) is 0 Å². The lowest BCUT2D eigenvalue weighted by Crippen LogP contribution is -2.24. The second kappa shape index (κ2) is 9.54. The molecule has 0 aliphatic carbocycles. The predicted octanol–water partition coefficient (Wildman–Crippen LogP) is 2.76. The number of aromatic nitrogens is 2. The van der Waals surface area contributed by atoms with Crippen LogP contribution in [0.1, 0.15) is 11.1 Å². The van der Waals surface area contributed by atoms with E-state index in [2.05, 4.69) is 10.3 Å². The summed E-state index contributed by atoms with van der Waals surface area (Å²) in [5, 5.41) is 2.92. The fourth-order valence-electron chi connectivity index (χ4n) is 2.57. The van der Waals surface area contributed by atoms with Gasteiger partial charge in [0.1, 0.15) is 6.61 Å². The number of nitrogens with one attached hydrogen (secondary N) is 1. The van der Waals surface area contributed by atoms with Crippen LogP contribution in [-0.2, 0) is 22.5 Å². The molecule has 27 heavy (non-hydrogen) atoms. The zero-order chi connectivity index (χ0) is 18.9. The molecular weight excluding hydrogens is 342 g/mol. The Bertz CT molecular complexity index is 828. The first-order valence-corrected chi connectivity index (χ1v) is 8.80. The highest BCUT2D eigenvalue weighted by Crippen LogP contribution is 2.11. The quantitative estimate of drug-likeness (QED) is 0.592. The van der Waals surface area contributed by atoms with Gasteiger partial charge in [0.15, 0.2) is 0 Å². The van der Waals surface area contributed by atoms with Gasteiger partial charge in [-0.15, -0.1) is 0 Å². The standard InChI is InChI=1S/C21H23N3O3/c1-26-12-13-27-21-9-6-18(16-23-21)15-22-20(25)14-17-4-7-19(8-5-17)24-10-2-3-11-24/h2-11,16H,12-15H2,1H3,(H,22,25). The number of rotatable bonds is 9. The van der Waals surface area contributed by atoms with Gasteiger partial charge >= 0.3 is 0 Å². The van der Waals surface area contributed by atoms with E-state index in [0.29, 0.717) is 32.1 Å². The molecule has 1 aromatic carbocycles. The maximum Gasteiger partial charge on any atom is 0.224 e. The van der Waals surface area contributed by atoms with E-state index in [0.717, 1.165) is 16.8 Å². The number of ether oxygens (including phenoxy) is 2. The van der Waals surface area contributed by atoms with Crippen LogP contribution in [0.2, 0.25) is 0 Å². The molecule has 1 amide bonds. The molecule has 0 aliphatic heterocycles. The number of carbonyl (C=O) groups is 1. The van der Waals surface area contributed by atoms with Crippen molar-refractivity contribution in [3.63, 3.8) is 0 Å². The van der Waals surface area contributed by atoms with Crippen LogP contribution in [0.15, 0.2) is 67.1 Å². The number of carbonyl (C=O) groups excluding carboxylic acids is 1. The Morgan fingerprint density at radius 3 is 2.44 bits per heavy atom. The highest BCUT2D eigenvalue weighted by molar-refractivity contribution is 5.78. The third kappa shape index (κ3) is 5.69. The molecule has 3 rings (SSSR count). The first-order chi connectivity index (χ1) is 13.2. The largest absolute Gasteiger partial charge is 0.475 e. The molecule has 0 aliphatic rings. The number of methoxy groups -OCH3 is 1. The summed E-state index contributed by atoms with van der Waals surface area (Å²) >= 11 is 0. The first kappa shape index (κ1) is 18.7. The molecular formula is C21H23N3O3. The van der Waals surface area contributed by atoms with Crippen LogP contribution in [0, 0.1) is 0 Å². The molecule has 0 atom stereocenters. The first-order valence-electron chi connectivity index (χ1n) is 8.80. The van der Waals surface area contributed by atoms with Gasteiger partial charge in [0.05, 0.1) is 13.0 Å². The minimum Gasteiger partial charge on any atom is -0.475 e. The summed E-state index contributed by atoms with van der Waals surface area (Å²) in [6.07, 6.45) is 6.03. The van der Waals surface area contributed by atoms with Crippen LogP contribution in [0.5, 0.6) is 5.88 Å². The summed E-state index contributed by atoms with van der Waals surface area (Å²) in [5.41, 5.74) is 2.97. The molecule has 2 heterocycles. The van der Waals surface area contributed by atoms with Gasteiger partial charge in [-0.3, -0.25) is 4.79 Å². The summed E-state index contributed by atoms with van der Waals surface area (Å²) in [6, 6.07) is 15.6. The SMILES string of the molecule is COCCOc1ccc(CNC(=O)Cc2ccc(-n3cccc3)cc2)cn1. The van der Waals surface area contributed by atoms with Crippen LogP contribution >= 0.6 is 0 Å². The molecule has 140 valence electrons. The fraction of sp³-hybridized carbons (Fsp3) is 0.238. The van der Waals surface area contributed by atoms with Gasteiger partial charge in [-0.25, -0.2) is 4.98 Å². The van der Waals surface area contributed by atoms with E-state index in [1.807, 2.05) is 59.4 Å². The average Bonchev–Trinajstić information content (AvgIpc) is 3.23. The molecule has 0 saturated carbocycles. The van der Waals surface area contributed by atoms with E-state index >= 15 is 0 Å². The molecule has 0 spiro atoms. The summed E-state index contributed by atoms with van der Waals surface area (Å²) in [6.45, 7) is 1.42.